The molecule has 3 rings (SSSR count). The number of hydrogen-bond donors (Lipinski definition) is 2. The minimum atomic E-state index is -0.159. The molecule has 3 N–H and O–H groups in total. The number of nitrogens with zero attached hydrogens (tertiary/aromatic N) is 2. The molecule has 0 aliphatic carbocycles. The maximum absolute atomic E-state index is 12.6. The van der Waals surface area contributed by atoms with E-state index in [4.69, 9.17) is 10.3 Å². The highest BCUT2D eigenvalue weighted by atomic mass is 35.5. The number of pyridine rings is 1. The zero-order chi connectivity index (χ0) is 17.3. The average Bonchev–Trinajstić information content (AvgIpc) is 3.09. The molecule has 3 aromatic rings. The quantitative estimate of drug-likeness (QED) is 0.662. The Bertz CT molecular complexity index is 904. The number of rotatable bonds is 5. The lowest BCUT2D eigenvalue weighted by molar-refractivity contribution is 0.0955. The van der Waals surface area contributed by atoms with Crippen molar-refractivity contribution in [3.8, 4) is 11.3 Å². The molecule has 0 fully saturated rings. The molecule has 25 heavy (non-hydrogen) atoms. The number of nitrogens with one attached hydrogen (secondary N) is 1. The van der Waals surface area contributed by atoms with Crippen LogP contribution in [0, 0.1) is 20.8 Å². The van der Waals surface area contributed by atoms with Crippen molar-refractivity contribution >= 4 is 40.8 Å². The van der Waals surface area contributed by atoms with Gasteiger partial charge in [0.05, 0.1) is 22.3 Å². The second-order valence-corrected chi connectivity index (χ2v) is 7.19. The molecule has 6 nitrogen and oxygen atoms in total. The van der Waals surface area contributed by atoms with E-state index >= 15 is 0 Å². The van der Waals surface area contributed by atoms with E-state index in [1.54, 1.807) is 11.3 Å². The van der Waals surface area contributed by atoms with E-state index in [-0.39, 0.29) is 18.3 Å². The van der Waals surface area contributed by atoms with Gasteiger partial charge in [-0.2, -0.15) is 0 Å². The van der Waals surface area contributed by atoms with Gasteiger partial charge in [-0.3, -0.25) is 4.79 Å². The van der Waals surface area contributed by atoms with Crippen molar-refractivity contribution in [3.63, 3.8) is 0 Å². The summed E-state index contributed by atoms with van der Waals surface area (Å²) in [6, 6.07) is 3.90. The van der Waals surface area contributed by atoms with E-state index < -0.39 is 0 Å². The number of aromatic nitrogens is 2. The normalized spacial score (nSPS) is 10.7. The van der Waals surface area contributed by atoms with E-state index in [9.17, 15) is 4.79 Å². The summed E-state index contributed by atoms with van der Waals surface area (Å²) in [5.74, 6) is -0.159. The Labute approximate surface area is 156 Å². The van der Waals surface area contributed by atoms with Crippen LogP contribution in [0.15, 0.2) is 16.7 Å². The second kappa shape index (κ2) is 7.95. The zero-order valence-electron chi connectivity index (χ0n) is 14.4. The fourth-order valence-corrected chi connectivity index (χ4v) is 3.63. The van der Waals surface area contributed by atoms with Gasteiger partial charge in [-0.05, 0) is 45.9 Å². The first kappa shape index (κ1) is 19.4. The largest absolute Gasteiger partial charge is 0.352 e. The number of thiophene rings is 1. The number of hydrogen-bond acceptors (Lipinski definition) is 6. The molecule has 0 aliphatic heterocycles. The maximum atomic E-state index is 12.6. The monoisotopic (exact) mass is 380 g/mol. The number of fused-ring (bicyclic) bond motifs is 1. The highest BCUT2D eigenvalue weighted by Gasteiger charge is 2.20. The van der Waals surface area contributed by atoms with Crippen molar-refractivity contribution in [1.82, 2.24) is 15.5 Å². The van der Waals surface area contributed by atoms with E-state index in [1.165, 1.54) is 4.88 Å². The number of carbonyl (C=O) groups excluding carboxylic acids is 1. The fraction of sp³-hybridized carbons (Fsp3) is 0.353. The van der Waals surface area contributed by atoms with Crippen LogP contribution in [-0.4, -0.2) is 29.1 Å². The molecule has 0 spiro atoms. The molecule has 3 heterocycles. The second-order valence-electron chi connectivity index (χ2n) is 5.73. The number of nitrogens with two attached hydrogens (primary N) is 1. The van der Waals surface area contributed by atoms with Crippen LogP contribution in [0.3, 0.4) is 0 Å². The standard InChI is InChI=1S/C17H20N4O2S.ClH/c1-9-7-12(11(3)24-9)14-8-13(16(22)19-6-4-5-18)15-10(2)21-23-17(15)20-14;/h7-8H,4-6,18H2,1-3H3,(H,19,22);1H. The highest BCUT2D eigenvalue weighted by Crippen LogP contribution is 2.32. The molecule has 0 aliphatic rings. The Morgan fingerprint density at radius 3 is 2.72 bits per heavy atom. The van der Waals surface area contributed by atoms with Crippen LogP contribution in [0.25, 0.3) is 22.4 Å². The van der Waals surface area contributed by atoms with E-state index in [0.29, 0.717) is 35.4 Å². The molecule has 0 radical (unpaired) electrons. The molecule has 3 aromatic heterocycles. The van der Waals surface area contributed by atoms with Gasteiger partial charge in [0.2, 0.25) is 0 Å². The van der Waals surface area contributed by atoms with Gasteiger partial charge in [0, 0.05) is 21.9 Å². The lowest BCUT2D eigenvalue weighted by Gasteiger charge is -2.07. The molecular weight excluding hydrogens is 360 g/mol. The Hall–Kier alpha value is -1.96. The molecule has 0 saturated heterocycles. The fourth-order valence-electron chi connectivity index (χ4n) is 2.70. The minimum absolute atomic E-state index is 0. The average molecular weight is 381 g/mol. The summed E-state index contributed by atoms with van der Waals surface area (Å²) < 4.78 is 5.32. The summed E-state index contributed by atoms with van der Waals surface area (Å²) in [5.41, 5.74) is 8.81. The Morgan fingerprint density at radius 2 is 2.08 bits per heavy atom. The topological polar surface area (TPSA) is 94.0 Å². The van der Waals surface area contributed by atoms with Crippen molar-refractivity contribution in [2.24, 2.45) is 5.73 Å². The van der Waals surface area contributed by atoms with Gasteiger partial charge in [0.15, 0.2) is 0 Å². The SMILES string of the molecule is Cc1cc(-c2cc(C(=O)NCCCN)c3c(C)noc3n2)c(C)s1.Cl. The van der Waals surface area contributed by atoms with Crippen molar-refractivity contribution in [1.29, 1.82) is 0 Å². The van der Waals surface area contributed by atoms with Crippen LogP contribution in [0.1, 0.15) is 32.2 Å². The van der Waals surface area contributed by atoms with Crippen LogP contribution in [0.2, 0.25) is 0 Å². The van der Waals surface area contributed by atoms with Gasteiger partial charge < -0.3 is 15.6 Å². The Morgan fingerprint density at radius 1 is 1.32 bits per heavy atom. The first-order chi connectivity index (χ1) is 11.5. The molecule has 8 heteroatoms. The van der Waals surface area contributed by atoms with Crippen molar-refractivity contribution in [2.45, 2.75) is 27.2 Å². The van der Waals surface area contributed by atoms with Crippen molar-refractivity contribution < 1.29 is 9.32 Å². The summed E-state index contributed by atoms with van der Waals surface area (Å²) in [5, 5.41) is 7.52. The maximum Gasteiger partial charge on any atom is 0.259 e. The van der Waals surface area contributed by atoms with Crippen LogP contribution >= 0.6 is 23.7 Å². The summed E-state index contributed by atoms with van der Waals surface area (Å²) >= 11 is 1.71. The summed E-state index contributed by atoms with van der Waals surface area (Å²) in [6.45, 7) is 6.99. The number of aryl methyl sites for hydroxylation is 3. The number of halogens is 1. The third-order valence-electron chi connectivity index (χ3n) is 3.85. The Balaban J connectivity index is 0.00000225. The molecule has 0 unspecified atom stereocenters. The van der Waals surface area contributed by atoms with Crippen molar-refractivity contribution in [3.05, 3.63) is 33.1 Å². The van der Waals surface area contributed by atoms with Gasteiger partial charge in [-0.25, -0.2) is 4.98 Å². The molecular formula is C17H21ClN4O2S. The summed E-state index contributed by atoms with van der Waals surface area (Å²) in [7, 11) is 0. The molecule has 0 atom stereocenters. The predicted octanol–water partition coefficient (Wildman–Crippen LogP) is 3.38. The first-order valence-corrected chi connectivity index (χ1v) is 8.65. The molecule has 0 aromatic carbocycles. The van der Waals surface area contributed by atoms with Crippen LogP contribution in [0.4, 0.5) is 0 Å². The van der Waals surface area contributed by atoms with Crippen LogP contribution in [0.5, 0.6) is 0 Å². The zero-order valence-corrected chi connectivity index (χ0v) is 16.0. The molecule has 134 valence electrons. The predicted molar refractivity (Wildman–Crippen MR) is 103 cm³/mol. The van der Waals surface area contributed by atoms with Gasteiger partial charge in [0.25, 0.3) is 11.6 Å². The third-order valence-corrected chi connectivity index (χ3v) is 4.81. The lowest BCUT2D eigenvalue weighted by atomic mass is 10.1. The van der Waals surface area contributed by atoms with Gasteiger partial charge in [0.1, 0.15) is 0 Å². The van der Waals surface area contributed by atoms with Gasteiger partial charge >= 0.3 is 0 Å². The molecule has 0 bridgehead atoms. The van der Waals surface area contributed by atoms with Crippen LogP contribution < -0.4 is 11.1 Å². The number of carbonyl (C=O) groups is 1. The van der Waals surface area contributed by atoms with Gasteiger partial charge in [-0.15, -0.1) is 23.7 Å². The first-order valence-electron chi connectivity index (χ1n) is 7.84. The summed E-state index contributed by atoms with van der Waals surface area (Å²) in [6.07, 6.45) is 0.734. The van der Waals surface area contributed by atoms with E-state index in [0.717, 1.165) is 22.6 Å². The van der Waals surface area contributed by atoms with Crippen molar-refractivity contribution in [2.75, 3.05) is 13.1 Å². The molecule has 1 amide bonds. The van der Waals surface area contributed by atoms with E-state index in [2.05, 4.69) is 28.4 Å². The number of amides is 1. The third kappa shape index (κ3) is 3.84. The van der Waals surface area contributed by atoms with Gasteiger partial charge in [-0.1, -0.05) is 5.16 Å². The Kier molecular flexibility index (Phi) is 6.16. The smallest absolute Gasteiger partial charge is 0.259 e. The highest BCUT2D eigenvalue weighted by molar-refractivity contribution is 7.12. The van der Waals surface area contributed by atoms with E-state index in [1.807, 2.05) is 19.9 Å². The molecule has 0 saturated carbocycles. The lowest BCUT2D eigenvalue weighted by Crippen LogP contribution is -2.26. The summed E-state index contributed by atoms with van der Waals surface area (Å²) in [4.78, 5) is 19.5. The minimum Gasteiger partial charge on any atom is -0.352 e. The van der Waals surface area contributed by atoms with Crippen LogP contribution in [-0.2, 0) is 0 Å².